The SMILES string of the molecule is O=[N+]([O-])c1ccc(S(=O)(=O)[N]c2cncc(Cl)n2)cc1. The van der Waals surface area contributed by atoms with Crippen molar-refractivity contribution in [2.45, 2.75) is 4.90 Å². The van der Waals surface area contributed by atoms with Gasteiger partial charge in [0, 0.05) is 12.1 Å². The van der Waals surface area contributed by atoms with Crippen molar-refractivity contribution >= 4 is 33.1 Å². The third kappa shape index (κ3) is 3.19. The largest absolute Gasteiger partial charge is 0.284 e. The van der Waals surface area contributed by atoms with Crippen LogP contribution in [0.15, 0.2) is 41.6 Å². The van der Waals surface area contributed by atoms with Gasteiger partial charge in [-0.3, -0.25) is 15.1 Å². The van der Waals surface area contributed by atoms with Crippen LogP contribution in [0, 0.1) is 10.1 Å². The highest BCUT2D eigenvalue weighted by molar-refractivity contribution is 7.89. The van der Waals surface area contributed by atoms with Gasteiger partial charge in [0.15, 0.2) is 5.82 Å². The molecule has 2 rings (SSSR count). The molecule has 2 aromatic rings. The van der Waals surface area contributed by atoms with Crippen LogP contribution in [0.25, 0.3) is 0 Å². The minimum absolute atomic E-state index is 0.00477. The first-order valence-corrected chi connectivity index (χ1v) is 6.90. The van der Waals surface area contributed by atoms with E-state index in [1.807, 2.05) is 0 Å². The van der Waals surface area contributed by atoms with E-state index in [0.29, 0.717) is 0 Å². The Morgan fingerprint density at radius 3 is 2.40 bits per heavy atom. The van der Waals surface area contributed by atoms with Crippen LogP contribution in [0.3, 0.4) is 0 Å². The van der Waals surface area contributed by atoms with E-state index < -0.39 is 14.9 Å². The number of aromatic nitrogens is 2. The van der Waals surface area contributed by atoms with E-state index in [1.165, 1.54) is 6.20 Å². The van der Waals surface area contributed by atoms with E-state index in [9.17, 15) is 18.5 Å². The molecule has 0 aliphatic carbocycles. The molecule has 10 heteroatoms. The van der Waals surface area contributed by atoms with Crippen LogP contribution >= 0.6 is 11.6 Å². The zero-order valence-corrected chi connectivity index (χ0v) is 11.2. The molecule has 0 N–H and O–H groups in total. The van der Waals surface area contributed by atoms with Crippen LogP contribution < -0.4 is 4.72 Å². The molecule has 103 valence electrons. The lowest BCUT2D eigenvalue weighted by Gasteiger charge is -2.03. The van der Waals surface area contributed by atoms with Gasteiger partial charge in [-0.2, -0.15) is 8.42 Å². The summed E-state index contributed by atoms with van der Waals surface area (Å²) in [5, 5.41) is 10.5. The van der Waals surface area contributed by atoms with E-state index in [0.717, 1.165) is 30.5 Å². The molecule has 0 fully saturated rings. The van der Waals surface area contributed by atoms with Crippen LogP contribution in [0.5, 0.6) is 0 Å². The van der Waals surface area contributed by atoms with Crippen molar-refractivity contribution in [3.63, 3.8) is 0 Å². The first-order valence-electron chi connectivity index (χ1n) is 5.08. The van der Waals surface area contributed by atoms with Crippen LogP contribution in [0.4, 0.5) is 11.5 Å². The lowest BCUT2D eigenvalue weighted by Crippen LogP contribution is -2.13. The Labute approximate surface area is 118 Å². The molecule has 1 radical (unpaired) electrons. The van der Waals surface area contributed by atoms with Crippen LogP contribution in [0.1, 0.15) is 0 Å². The smallest absolute Gasteiger partial charge is 0.258 e. The predicted molar refractivity (Wildman–Crippen MR) is 69.1 cm³/mol. The van der Waals surface area contributed by atoms with Crippen LogP contribution in [-0.4, -0.2) is 23.3 Å². The quantitative estimate of drug-likeness (QED) is 0.625. The van der Waals surface area contributed by atoms with Gasteiger partial charge in [-0.1, -0.05) is 11.6 Å². The first-order chi connectivity index (χ1) is 9.38. The molecule has 0 unspecified atom stereocenters. The van der Waals surface area contributed by atoms with Crippen LogP contribution in [0.2, 0.25) is 5.15 Å². The molecule has 0 saturated carbocycles. The van der Waals surface area contributed by atoms with Crippen molar-refractivity contribution in [2.75, 3.05) is 0 Å². The molecule has 0 aliphatic rings. The first kappa shape index (κ1) is 14.2. The van der Waals surface area contributed by atoms with Crippen molar-refractivity contribution in [2.24, 2.45) is 0 Å². The minimum atomic E-state index is -4.03. The number of halogens is 1. The number of hydrogen-bond donors (Lipinski definition) is 0. The molecule has 1 aromatic heterocycles. The number of nitro groups is 1. The highest BCUT2D eigenvalue weighted by atomic mass is 35.5. The Balaban J connectivity index is 2.28. The summed E-state index contributed by atoms with van der Waals surface area (Å²) >= 11 is 5.57. The Morgan fingerprint density at radius 1 is 1.20 bits per heavy atom. The lowest BCUT2D eigenvalue weighted by atomic mass is 10.3. The second kappa shape index (κ2) is 5.39. The van der Waals surface area contributed by atoms with Gasteiger partial charge in [-0.15, -0.1) is 4.72 Å². The Hall–Kier alpha value is -2.26. The Morgan fingerprint density at radius 2 is 1.85 bits per heavy atom. The number of sulfonamides is 1. The number of non-ortho nitro benzene ring substituents is 1. The fourth-order valence-electron chi connectivity index (χ4n) is 1.29. The lowest BCUT2D eigenvalue weighted by molar-refractivity contribution is -0.384. The van der Waals surface area contributed by atoms with Gasteiger partial charge in [-0.05, 0) is 12.1 Å². The summed E-state index contributed by atoms with van der Waals surface area (Å²) in [5.41, 5.74) is -0.216. The van der Waals surface area contributed by atoms with Gasteiger partial charge in [0.2, 0.25) is 0 Å². The van der Waals surface area contributed by atoms with Gasteiger partial charge in [0.1, 0.15) is 5.15 Å². The summed E-state index contributed by atoms with van der Waals surface area (Å²) in [5.74, 6) is -0.171. The maximum Gasteiger partial charge on any atom is 0.284 e. The Kier molecular flexibility index (Phi) is 3.81. The van der Waals surface area contributed by atoms with Crippen molar-refractivity contribution < 1.29 is 13.3 Å². The maximum atomic E-state index is 11.9. The standard InChI is InChI=1S/C10H6ClN4O4S/c11-9-5-12-6-10(13-9)14-20(18,19)8-3-1-7(2-4-8)15(16)17/h1-6H. The van der Waals surface area contributed by atoms with Gasteiger partial charge in [0.05, 0.1) is 22.2 Å². The third-order valence-corrected chi connectivity index (χ3v) is 3.63. The fraction of sp³-hybridized carbons (Fsp3) is 0. The average Bonchev–Trinajstić information content (AvgIpc) is 2.38. The number of nitro benzene ring substituents is 1. The van der Waals surface area contributed by atoms with E-state index in [2.05, 4.69) is 14.7 Å². The summed E-state index contributed by atoms with van der Waals surface area (Å²) in [6, 6.07) is 4.34. The van der Waals surface area contributed by atoms with Crippen molar-refractivity contribution in [1.29, 1.82) is 0 Å². The zero-order chi connectivity index (χ0) is 14.8. The van der Waals surface area contributed by atoms with Gasteiger partial charge in [-0.25, -0.2) is 4.98 Å². The molecule has 0 aliphatic heterocycles. The molecule has 0 atom stereocenters. The summed E-state index contributed by atoms with van der Waals surface area (Å²) in [4.78, 5) is 17.0. The number of hydrogen-bond acceptors (Lipinski definition) is 6. The third-order valence-electron chi connectivity index (χ3n) is 2.15. The van der Waals surface area contributed by atoms with Crippen molar-refractivity contribution in [3.05, 3.63) is 51.9 Å². The molecular formula is C10H6ClN4O4S. The molecule has 8 nitrogen and oxygen atoms in total. The molecule has 0 saturated heterocycles. The van der Waals surface area contributed by atoms with Gasteiger partial charge >= 0.3 is 0 Å². The van der Waals surface area contributed by atoms with E-state index in [1.54, 1.807) is 0 Å². The minimum Gasteiger partial charge on any atom is -0.258 e. The van der Waals surface area contributed by atoms with Crippen molar-refractivity contribution in [3.8, 4) is 0 Å². The second-order valence-corrected chi connectivity index (χ2v) is 5.51. The maximum absolute atomic E-state index is 11.9. The fourth-order valence-corrected chi connectivity index (χ4v) is 2.35. The zero-order valence-electron chi connectivity index (χ0n) is 9.67. The van der Waals surface area contributed by atoms with Crippen LogP contribution in [-0.2, 0) is 10.0 Å². The summed E-state index contributed by atoms with van der Waals surface area (Å²) in [6.45, 7) is 0. The van der Waals surface area contributed by atoms with Gasteiger partial charge < -0.3 is 0 Å². The molecule has 0 spiro atoms. The molecule has 20 heavy (non-hydrogen) atoms. The number of nitrogens with zero attached hydrogens (tertiary/aromatic N) is 4. The second-order valence-electron chi connectivity index (χ2n) is 3.52. The number of benzene rings is 1. The highest BCUT2D eigenvalue weighted by Gasteiger charge is 2.19. The predicted octanol–water partition coefficient (Wildman–Crippen LogP) is 1.66. The van der Waals surface area contributed by atoms with Crippen molar-refractivity contribution in [1.82, 2.24) is 14.7 Å². The molecule has 1 heterocycles. The van der Waals surface area contributed by atoms with E-state index in [4.69, 9.17) is 11.6 Å². The van der Waals surface area contributed by atoms with E-state index in [-0.39, 0.29) is 21.6 Å². The molecule has 0 bridgehead atoms. The van der Waals surface area contributed by atoms with Gasteiger partial charge in [0.25, 0.3) is 15.7 Å². The molecule has 1 aromatic carbocycles. The highest BCUT2D eigenvalue weighted by Crippen LogP contribution is 2.18. The summed E-state index contributed by atoms with van der Waals surface area (Å²) in [7, 11) is -4.03. The Bertz CT molecular complexity index is 748. The monoisotopic (exact) mass is 313 g/mol. The topological polar surface area (TPSA) is 117 Å². The molecule has 0 amide bonds. The summed E-state index contributed by atoms with van der Waals surface area (Å²) < 4.78 is 27.3. The van der Waals surface area contributed by atoms with E-state index >= 15 is 0 Å². The number of rotatable bonds is 4. The average molecular weight is 314 g/mol. The molecular weight excluding hydrogens is 308 g/mol. The normalized spacial score (nSPS) is 11.1. The summed E-state index contributed by atoms with van der Waals surface area (Å²) in [6.07, 6.45) is 2.37.